The zero-order valence-corrected chi connectivity index (χ0v) is 7.98. The molecule has 3 nitrogen and oxygen atoms in total. The van der Waals surface area contributed by atoms with Crippen LogP contribution in [0.5, 0.6) is 0 Å². The predicted molar refractivity (Wildman–Crippen MR) is 54.0 cm³/mol. The average molecular weight is 207 g/mol. The number of hydrogen-bond acceptors (Lipinski definition) is 2. The van der Waals surface area contributed by atoms with Crippen LogP contribution in [0.4, 0.5) is 0 Å². The second-order valence-corrected chi connectivity index (χ2v) is 3.22. The molecule has 0 N–H and O–H groups in total. The Morgan fingerprint density at radius 2 is 2.29 bits per heavy atom. The van der Waals surface area contributed by atoms with Crippen LogP contribution in [0, 0.1) is 0 Å². The van der Waals surface area contributed by atoms with Crippen LogP contribution in [-0.2, 0) is 0 Å². The van der Waals surface area contributed by atoms with Crippen molar-refractivity contribution >= 4 is 17.9 Å². The maximum Gasteiger partial charge on any atom is 0.168 e. The zero-order valence-electron chi connectivity index (χ0n) is 7.22. The summed E-state index contributed by atoms with van der Waals surface area (Å²) in [7, 11) is 0. The highest BCUT2D eigenvalue weighted by molar-refractivity contribution is 6.30. The number of carbonyl (C=O) groups excluding carboxylic acids is 1. The number of benzene rings is 1. The van der Waals surface area contributed by atoms with Crippen molar-refractivity contribution < 1.29 is 4.79 Å². The van der Waals surface area contributed by atoms with Gasteiger partial charge in [-0.25, -0.2) is 4.98 Å². The molecule has 0 saturated heterocycles. The molecule has 0 aliphatic carbocycles. The Morgan fingerprint density at radius 3 is 3.00 bits per heavy atom. The van der Waals surface area contributed by atoms with Gasteiger partial charge >= 0.3 is 0 Å². The second-order valence-electron chi connectivity index (χ2n) is 2.79. The first-order chi connectivity index (χ1) is 6.81. The Kier molecular flexibility index (Phi) is 2.33. The molecular formula is C10H7ClN2O. The van der Waals surface area contributed by atoms with Crippen molar-refractivity contribution in [2.24, 2.45) is 0 Å². The maximum atomic E-state index is 10.7. The molecule has 0 bridgehead atoms. The van der Waals surface area contributed by atoms with E-state index in [1.165, 1.54) is 6.20 Å². The first kappa shape index (κ1) is 8.97. The van der Waals surface area contributed by atoms with Crippen molar-refractivity contribution in [1.29, 1.82) is 0 Å². The lowest BCUT2D eigenvalue weighted by molar-refractivity contribution is 0.111. The summed E-state index contributed by atoms with van der Waals surface area (Å²) in [5.41, 5.74) is 1.34. The summed E-state index contributed by atoms with van der Waals surface area (Å²) in [6.45, 7) is 0. The van der Waals surface area contributed by atoms with Crippen molar-refractivity contribution in [2.45, 2.75) is 0 Å². The van der Waals surface area contributed by atoms with E-state index in [1.54, 1.807) is 23.0 Å². The summed E-state index contributed by atoms with van der Waals surface area (Å²) >= 11 is 5.84. The van der Waals surface area contributed by atoms with Crippen molar-refractivity contribution in [3.63, 3.8) is 0 Å². The zero-order chi connectivity index (χ0) is 9.97. The van der Waals surface area contributed by atoms with Gasteiger partial charge in [-0.2, -0.15) is 0 Å². The third kappa shape index (κ3) is 1.54. The molecule has 14 heavy (non-hydrogen) atoms. The van der Waals surface area contributed by atoms with E-state index in [2.05, 4.69) is 4.98 Å². The van der Waals surface area contributed by atoms with Gasteiger partial charge in [0.1, 0.15) is 5.69 Å². The van der Waals surface area contributed by atoms with Gasteiger partial charge in [0.05, 0.1) is 12.5 Å². The van der Waals surface area contributed by atoms with Crippen LogP contribution >= 0.6 is 11.6 Å². The van der Waals surface area contributed by atoms with Gasteiger partial charge in [-0.3, -0.25) is 9.36 Å². The van der Waals surface area contributed by atoms with Crippen molar-refractivity contribution in [3.05, 3.63) is 47.5 Å². The van der Waals surface area contributed by atoms with Crippen molar-refractivity contribution in [2.75, 3.05) is 0 Å². The van der Waals surface area contributed by atoms with Crippen LogP contribution in [0.15, 0.2) is 36.8 Å². The van der Waals surface area contributed by atoms with E-state index in [1.807, 2.05) is 12.1 Å². The number of hydrogen-bond donors (Lipinski definition) is 0. The fourth-order valence-corrected chi connectivity index (χ4v) is 1.42. The molecule has 0 spiro atoms. The van der Waals surface area contributed by atoms with Gasteiger partial charge in [-0.15, -0.1) is 0 Å². The Bertz CT molecular complexity index is 465. The molecule has 1 heterocycles. The minimum Gasteiger partial charge on any atom is -0.296 e. The third-order valence-corrected chi connectivity index (χ3v) is 2.11. The van der Waals surface area contributed by atoms with Gasteiger partial charge in [0, 0.05) is 10.7 Å². The fourth-order valence-electron chi connectivity index (χ4n) is 1.23. The van der Waals surface area contributed by atoms with Gasteiger partial charge in [0.2, 0.25) is 0 Å². The van der Waals surface area contributed by atoms with Crippen LogP contribution in [0.2, 0.25) is 5.02 Å². The average Bonchev–Trinajstić information content (AvgIpc) is 2.65. The van der Waals surface area contributed by atoms with E-state index in [0.717, 1.165) is 12.0 Å². The summed E-state index contributed by atoms with van der Waals surface area (Å²) in [6, 6.07) is 7.24. The van der Waals surface area contributed by atoms with E-state index in [4.69, 9.17) is 11.6 Å². The number of rotatable bonds is 2. The number of aldehydes is 1. The standard InChI is InChI=1S/C10H7ClN2O/c11-8-2-1-3-9(4-8)13-7-12-5-10(13)6-14/h1-7H. The summed E-state index contributed by atoms with van der Waals surface area (Å²) in [5.74, 6) is 0. The minimum absolute atomic E-state index is 0.507. The predicted octanol–water partition coefficient (Wildman–Crippen LogP) is 2.34. The third-order valence-electron chi connectivity index (χ3n) is 1.87. The molecule has 0 atom stereocenters. The largest absolute Gasteiger partial charge is 0.296 e. The molecule has 70 valence electrons. The number of carbonyl (C=O) groups is 1. The minimum atomic E-state index is 0.507. The highest BCUT2D eigenvalue weighted by Crippen LogP contribution is 2.15. The summed E-state index contributed by atoms with van der Waals surface area (Å²) in [4.78, 5) is 14.5. The summed E-state index contributed by atoms with van der Waals surface area (Å²) in [5, 5.41) is 0.632. The van der Waals surface area contributed by atoms with Crippen molar-refractivity contribution in [3.8, 4) is 5.69 Å². The van der Waals surface area contributed by atoms with Gasteiger partial charge in [-0.1, -0.05) is 17.7 Å². The van der Waals surface area contributed by atoms with Gasteiger partial charge in [0.25, 0.3) is 0 Å². The Hall–Kier alpha value is -1.61. The number of nitrogens with zero attached hydrogens (tertiary/aromatic N) is 2. The molecule has 0 aliphatic rings. The fraction of sp³-hybridized carbons (Fsp3) is 0. The van der Waals surface area contributed by atoms with E-state index < -0.39 is 0 Å². The first-order valence-electron chi connectivity index (χ1n) is 4.05. The lowest BCUT2D eigenvalue weighted by atomic mass is 10.3. The number of halogens is 1. The Balaban J connectivity index is 2.54. The highest BCUT2D eigenvalue weighted by Gasteiger charge is 2.02. The molecule has 0 amide bonds. The van der Waals surface area contributed by atoms with Crippen LogP contribution in [-0.4, -0.2) is 15.8 Å². The van der Waals surface area contributed by atoms with Crippen LogP contribution < -0.4 is 0 Å². The van der Waals surface area contributed by atoms with E-state index in [0.29, 0.717) is 10.7 Å². The Labute approximate surface area is 86.0 Å². The first-order valence-corrected chi connectivity index (χ1v) is 4.42. The monoisotopic (exact) mass is 206 g/mol. The van der Waals surface area contributed by atoms with E-state index in [9.17, 15) is 4.79 Å². The molecule has 0 saturated carbocycles. The molecule has 1 aromatic heterocycles. The quantitative estimate of drug-likeness (QED) is 0.707. The van der Waals surface area contributed by atoms with Gasteiger partial charge in [0.15, 0.2) is 6.29 Å². The molecule has 0 aliphatic heterocycles. The highest BCUT2D eigenvalue weighted by atomic mass is 35.5. The van der Waals surface area contributed by atoms with E-state index in [-0.39, 0.29) is 0 Å². The maximum absolute atomic E-state index is 10.7. The molecule has 0 fully saturated rings. The lowest BCUT2D eigenvalue weighted by Gasteiger charge is -2.03. The van der Waals surface area contributed by atoms with Crippen LogP contribution in [0.1, 0.15) is 10.5 Å². The topological polar surface area (TPSA) is 34.9 Å². The van der Waals surface area contributed by atoms with Crippen LogP contribution in [0.25, 0.3) is 5.69 Å². The molecule has 2 aromatic rings. The van der Waals surface area contributed by atoms with Crippen molar-refractivity contribution in [1.82, 2.24) is 9.55 Å². The molecule has 2 rings (SSSR count). The molecule has 0 radical (unpaired) electrons. The molecular weight excluding hydrogens is 200 g/mol. The van der Waals surface area contributed by atoms with Gasteiger partial charge in [-0.05, 0) is 18.2 Å². The smallest absolute Gasteiger partial charge is 0.168 e. The number of imidazole rings is 1. The van der Waals surface area contributed by atoms with E-state index >= 15 is 0 Å². The molecule has 0 unspecified atom stereocenters. The normalized spacial score (nSPS) is 10.1. The summed E-state index contributed by atoms with van der Waals surface area (Å²) in [6.07, 6.45) is 3.84. The molecule has 1 aromatic carbocycles. The SMILES string of the molecule is O=Cc1cncn1-c1cccc(Cl)c1. The second kappa shape index (κ2) is 3.64. The molecule has 4 heteroatoms. The summed E-state index contributed by atoms with van der Waals surface area (Å²) < 4.78 is 1.68. The lowest BCUT2D eigenvalue weighted by Crippen LogP contribution is -1.96. The van der Waals surface area contributed by atoms with Gasteiger partial charge < -0.3 is 0 Å². The van der Waals surface area contributed by atoms with Crippen LogP contribution in [0.3, 0.4) is 0 Å². The number of aromatic nitrogens is 2. The Morgan fingerprint density at radius 1 is 1.43 bits per heavy atom.